The summed E-state index contributed by atoms with van der Waals surface area (Å²) in [6, 6.07) is 0.0698. The molecule has 6 nitrogen and oxygen atoms in total. The predicted octanol–water partition coefficient (Wildman–Crippen LogP) is 0.444. The Morgan fingerprint density at radius 1 is 1.50 bits per heavy atom. The van der Waals surface area contributed by atoms with Crippen molar-refractivity contribution in [2.24, 2.45) is 5.92 Å². The molecule has 1 unspecified atom stereocenters. The number of nitrogens with zero attached hydrogens (tertiary/aromatic N) is 2. The average Bonchev–Trinajstić information content (AvgIpc) is 2.37. The highest BCUT2D eigenvalue weighted by Gasteiger charge is 2.24. The molecule has 0 saturated carbocycles. The van der Waals surface area contributed by atoms with Gasteiger partial charge in [0.05, 0.1) is 6.54 Å². The van der Waals surface area contributed by atoms with Crippen molar-refractivity contribution in [2.75, 3.05) is 39.8 Å². The van der Waals surface area contributed by atoms with Crippen LogP contribution in [0.1, 0.15) is 19.8 Å². The van der Waals surface area contributed by atoms with Crippen LogP contribution in [-0.2, 0) is 4.79 Å². The van der Waals surface area contributed by atoms with E-state index in [0.29, 0.717) is 19.0 Å². The third-order valence-corrected chi connectivity index (χ3v) is 3.30. The molecule has 1 aliphatic rings. The summed E-state index contributed by atoms with van der Waals surface area (Å²) in [7, 11) is 1.80. The summed E-state index contributed by atoms with van der Waals surface area (Å²) in [6.45, 7) is 4.82. The van der Waals surface area contributed by atoms with Gasteiger partial charge in [0, 0.05) is 33.2 Å². The minimum Gasteiger partial charge on any atom is -0.480 e. The molecule has 0 bridgehead atoms. The first-order chi connectivity index (χ1) is 8.54. The number of carbonyl (C=O) groups is 2. The average molecular weight is 257 g/mol. The fourth-order valence-corrected chi connectivity index (χ4v) is 2.17. The Kier molecular flexibility index (Phi) is 5.91. The Hall–Kier alpha value is -1.30. The number of carbonyl (C=O) groups excluding carboxylic acids is 1. The monoisotopic (exact) mass is 257 g/mol. The van der Waals surface area contributed by atoms with E-state index in [0.717, 1.165) is 25.9 Å². The summed E-state index contributed by atoms with van der Waals surface area (Å²) >= 11 is 0. The number of nitrogens with one attached hydrogen (secondary N) is 1. The lowest BCUT2D eigenvalue weighted by Crippen LogP contribution is -2.48. The number of aliphatic carboxylic acids is 1. The quantitative estimate of drug-likeness (QED) is 0.750. The summed E-state index contributed by atoms with van der Waals surface area (Å²) in [5.41, 5.74) is 0. The van der Waals surface area contributed by atoms with E-state index in [9.17, 15) is 9.59 Å². The molecule has 0 aromatic heterocycles. The number of carboxylic acids is 1. The molecule has 6 heteroatoms. The van der Waals surface area contributed by atoms with Crippen molar-refractivity contribution in [2.45, 2.75) is 19.8 Å². The van der Waals surface area contributed by atoms with Gasteiger partial charge < -0.3 is 20.2 Å². The van der Waals surface area contributed by atoms with Crippen LogP contribution in [0.25, 0.3) is 0 Å². The molecular formula is C12H23N3O3. The molecule has 104 valence electrons. The fourth-order valence-electron chi connectivity index (χ4n) is 2.17. The molecule has 1 heterocycles. The molecule has 18 heavy (non-hydrogen) atoms. The van der Waals surface area contributed by atoms with E-state index < -0.39 is 5.97 Å². The highest BCUT2D eigenvalue weighted by atomic mass is 16.4. The Balaban J connectivity index is 2.36. The Bertz CT molecular complexity index is 296. The van der Waals surface area contributed by atoms with E-state index >= 15 is 0 Å². The molecule has 2 N–H and O–H groups in total. The number of urea groups is 1. The second-order valence-corrected chi connectivity index (χ2v) is 4.78. The molecule has 0 spiro atoms. The van der Waals surface area contributed by atoms with E-state index in [1.807, 2.05) is 11.8 Å². The van der Waals surface area contributed by atoms with Gasteiger partial charge in [-0.15, -0.1) is 0 Å². The SMILES string of the molecule is CCN(C)C(=O)N1CCCC(CNCC(=O)O)C1. The lowest BCUT2D eigenvalue weighted by molar-refractivity contribution is -0.136. The first-order valence-electron chi connectivity index (χ1n) is 6.47. The van der Waals surface area contributed by atoms with Gasteiger partial charge in [0.15, 0.2) is 0 Å². The van der Waals surface area contributed by atoms with Gasteiger partial charge >= 0.3 is 12.0 Å². The van der Waals surface area contributed by atoms with E-state index in [2.05, 4.69) is 5.32 Å². The molecule has 1 fully saturated rings. The van der Waals surface area contributed by atoms with Crippen LogP contribution < -0.4 is 5.32 Å². The summed E-state index contributed by atoms with van der Waals surface area (Å²) in [5.74, 6) is -0.489. The number of likely N-dealkylation sites (tertiary alicyclic amines) is 1. The van der Waals surface area contributed by atoms with Crippen LogP contribution in [0.4, 0.5) is 4.79 Å². The molecule has 1 aliphatic heterocycles. The van der Waals surface area contributed by atoms with Crippen LogP contribution in [0.5, 0.6) is 0 Å². The van der Waals surface area contributed by atoms with Gasteiger partial charge in [-0.3, -0.25) is 4.79 Å². The third-order valence-electron chi connectivity index (χ3n) is 3.30. The van der Waals surface area contributed by atoms with Crippen molar-refractivity contribution < 1.29 is 14.7 Å². The van der Waals surface area contributed by atoms with Gasteiger partial charge in [-0.1, -0.05) is 0 Å². The zero-order valence-electron chi connectivity index (χ0n) is 11.2. The lowest BCUT2D eigenvalue weighted by Gasteiger charge is -2.35. The predicted molar refractivity (Wildman–Crippen MR) is 68.5 cm³/mol. The van der Waals surface area contributed by atoms with Crippen LogP contribution in [0.2, 0.25) is 0 Å². The normalized spacial score (nSPS) is 19.7. The van der Waals surface area contributed by atoms with Crippen molar-refractivity contribution in [1.29, 1.82) is 0 Å². The first kappa shape index (κ1) is 14.8. The summed E-state index contributed by atoms with van der Waals surface area (Å²) in [4.78, 5) is 26.0. The first-order valence-corrected chi connectivity index (χ1v) is 6.47. The topological polar surface area (TPSA) is 72.9 Å². The largest absolute Gasteiger partial charge is 0.480 e. The maximum Gasteiger partial charge on any atom is 0.319 e. The summed E-state index contributed by atoms with van der Waals surface area (Å²) < 4.78 is 0. The molecule has 2 amide bonds. The van der Waals surface area contributed by atoms with Crippen molar-refractivity contribution in [3.8, 4) is 0 Å². The zero-order valence-corrected chi connectivity index (χ0v) is 11.2. The highest BCUT2D eigenvalue weighted by molar-refractivity contribution is 5.74. The number of hydrogen-bond donors (Lipinski definition) is 2. The van der Waals surface area contributed by atoms with Crippen LogP contribution in [-0.4, -0.2) is 66.7 Å². The van der Waals surface area contributed by atoms with Gasteiger partial charge in [-0.25, -0.2) is 4.79 Å². The van der Waals surface area contributed by atoms with E-state index in [4.69, 9.17) is 5.11 Å². The highest BCUT2D eigenvalue weighted by Crippen LogP contribution is 2.16. The maximum atomic E-state index is 12.0. The number of piperidine rings is 1. The van der Waals surface area contributed by atoms with Gasteiger partial charge in [0.25, 0.3) is 0 Å². The Morgan fingerprint density at radius 3 is 2.83 bits per heavy atom. The summed E-state index contributed by atoms with van der Waals surface area (Å²) in [5, 5.41) is 11.5. The van der Waals surface area contributed by atoms with Gasteiger partial charge in [-0.2, -0.15) is 0 Å². The molecule has 0 aromatic carbocycles. The molecule has 1 atom stereocenters. The molecular weight excluding hydrogens is 234 g/mol. The third kappa shape index (κ3) is 4.52. The van der Waals surface area contributed by atoms with Crippen molar-refractivity contribution in [3.05, 3.63) is 0 Å². The second kappa shape index (κ2) is 7.20. The Morgan fingerprint density at radius 2 is 2.22 bits per heavy atom. The minimum absolute atomic E-state index is 0.0146. The number of amides is 2. The number of hydrogen-bond acceptors (Lipinski definition) is 3. The van der Waals surface area contributed by atoms with Crippen LogP contribution in [0.3, 0.4) is 0 Å². The molecule has 0 aliphatic carbocycles. The van der Waals surface area contributed by atoms with Gasteiger partial charge in [-0.05, 0) is 25.7 Å². The van der Waals surface area contributed by atoms with Gasteiger partial charge in [0.2, 0.25) is 0 Å². The zero-order chi connectivity index (χ0) is 13.5. The van der Waals surface area contributed by atoms with Crippen molar-refractivity contribution in [1.82, 2.24) is 15.1 Å². The fraction of sp³-hybridized carbons (Fsp3) is 0.833. The van der Waals surface area contributed by atoms with Crippen LogP contribution in [0.15, 0.2) is 0 Å². The van der Waals surface area contributed by atoms with Crippen LogP contribution >= 0.6 is 0 Å². The van der Waals surface area contributed by atoms with E-state index in [-0.39, 0.29) is 12.6 Å². The van der Waals surface area contributed by atoms with Crippen LogP contribution in [0, 0.1) is 5.92 Å². The second-order valence-electron chi connectivity index (χ2n) is 4.78. The van der Waals surface area contributed by atoms with Crippen molar-refractivity contribution >= 4 is 12.0 Å². The Labute approximate surface area is 108 Å². The van der Waals surface area contributed by atoms with E-state index in [1.54, 1.807) is 11.9 Å². The molecule has 0 radical (unpaired) electrons. The maximum absolute atomic E-state index is 12.0. The lowest BCUT2D eigenvalue weighted by atomic mass is 9.98. The smallest absolute Gasteiger partial charge is 0.319 e. The molecule has 1 rings (SSSR count). The van der Waals surface area contributed by atoms with Gasteiger partial charge in [0.1, 0.15) is 0 Å². The molecule has 1 saturated heterocycles. The standard InChI is InChI=1S/C12H23N3O3/c1-3-14(2)12(18)15-6-4-5-10(9-15)7-13-8-11(16)17/h10,13H,3-9H2,1-2H3,(H,16,17). The minimum atomic E-state index is -0.843. The van der Waals surface area contributed by atoms with Crippen molar-refractivity contribution in [3.63, 3.8) is 0 Å². The summed E-state index contributed by atoms with van der Waals surface area (Å²) in [6.07, 6.45) is 2.04. The number of rotatable bonds is 5. The molecule has 0 aromatic rings. The van der Waals surface area contributed by atoms with E-state index in [1.165, 1.54) is 0 Å². The number of carboxylic acid groups (broad SMARTS) is 1.